The molecular weight excluding hydrogens is 268 g/mol. The van der Waals surface area contributed by atoms with E-state index in [0.717, 1.165) is 11.5 Å². The van der Waals surface area contributed by atoms with E-state index < -0.39 is 0 Å². The van der Waals surface area contributed by atoms with Gasteiger partial charge in [0.25, 0.3) is 5.91 Å². The average Bonchev–Trinajstić information content (AvgIpc) is 3.17. The van der Waals surface area contributed by atoms with Gasteiger partial charge in [-0.25, -0.2) is 9.97 Å². The van der Waals surface area contributed by atoms with Crippen LogP contribution in [-0.2, 0) is 0 Å². The molecule has 3 N–H and O–H groups in total. The van der Waals surface area contributed by atoms with E-state index in [9.17, 15) is 4.79 Å². The lowest BCUT2D eigenvalue weighted by molar-refractivity contribution is 0.0953. The van der Waals surface area contributed by atoms with Gasteiger partial charge in [-0.2, -0.15) is 5.10 Å². The standard InChI is InChI=1S/C14H18N6O/c1-15-14(21)13-16-7-6-11(18-13)17-12-8-10(19-20-12)9-4-2-3-5-9/h6-9H,2-5H2,1H3,(H,15,21)(H2,16,17,18,19,20). The Bertz CT molecular complexity index is 632. The van der Waals surface area contributed by atoms with Gasteiger partial charge in [0, 0.05) is 25.2 Å². The van der Waals surface area contributed by atoms with Crippen LogP contribution in [0.4, 0.5) is 11.6 Å². The summed E-state index contributed by atoms with van der Waals surface area (Å²) in [5.74, 6) is 1.72. The van der Waals surface area contributed by atoms with Crippen LogP contribution in [0.15, 0.2) is 18.3 Å². The fourth-order valence-corrected chi connectivity index (χ4v) is 2.62. The van der Waals surface area contributed by atoms with Crippen molar-refractivity contribution < 1.29 is 4.79 Å². The lowest BCUT2D eigenvalue weighted by Crippen LogP contribution is -2.20. The Morgan fingerprint density at radius 1 is 1.38 bits per heavy atom. The molecule has 7 nitrogen and oxygen atoms in total. The van der Waals surface area contributed by atoms with Gasteiger partial charge in [-0.3, -0.25) is 9.89 Å². The minimum absolute atomic E-state index is 0.137. The number of nitrogens with one attached hydrogen (secondary N) is 3. The predicted octanol–water partition coefficient (Wildman–Crippen LogP) is 1.96. The number of amides is 1. The summed E-state index contributed by atoms with van der Waals surface area (Å²) in [4.78, 5) is 19.6. The Morgan fingerprint density at radius 2 is 2.19 bits per heavy atom. The second-order valence-electron chi connectivity index (χ2n) is 5.16. The molecule has 0 bridgehead atoms. The average molecular weight is 286 g/mol. The number of anilines is 2. The number of nitrogens with zero attached hydrogens (tertiary/aromatic N) is 3. The van der Waals surface area contributed by atoms with Gasteiger partial charge in [0.05, 0.1) is 5.69 Å². The molecule has 0 radical (unpaired) electrons. The van der Waals surface area contributed by atoms with Crippen LogP contribution >= 0.6 is 0 Å². The van der Waals surface area contributed by atoms with Gasteiger partial charge in [0.2, 0.25) is 5.82 Å². The molecule has 1 amide bonds. The summed E-state index contributed by atoms with van der Waals surface area (Å²) in [6.07, 6.45) is 6.52. The third-order valence-corrected chi connectivity index (χ3v) is 3.72. The maximum Gasteiger partial charge on any atom is 0.288 e. The van der Waals surface area contributed by atoms with Crippen LogP contribution in [0.3, 0.4) is 0 Å². The summed E-state index contributed by atoms with van der Waals surface area (Å²) in [5, 5.41) is 12.9. The van der Waals surface area contributed by atoms with Crippen molar-refractivity contribution in [2.75, 3.05) is 12.4 Å². The van der Waals surface area contributed by atoms with Crippen LogP contribution < -0.4 is 10.6 Å². The summed E-state index contributed by atoms with van der Waals surface area (Å²) in [5.41, 5.74) is 1.09. The van der Waals surface area contributed by atoms with Crippen LogP contribution in [0.1, 0.15) is 47.9 Å². The minimum Gasteiger partial charge on any atom is -0.352 e. The zero-order valence-electron chi connectivity index (χ0n) is 11.9. The topological polar surface area (TPSA) is 95.6 Å². The zero-order chi connectivity index (χ0) is 14.7. The van der Waals surface area contributed by atoms with E-state index in [1.807, 2.05) is 6.07 Å². The highest BCUT2D eigenvalue weighted by molar-refractivity contribution is 5.90. The third-order valence-electron chi connectivity index (χ3n) is 3.72. The van der Waals surface area contributed by atoms with Gasteiger partial charge >= 0.3 is 0 Å². The number of rotatable bonds is 4. The van der Waals surface area contributed by atoms with Crippen molar-refractivity contribution >= 4 is 17.5 Å². The molecule has 0 spiro atoms. The second-order valence-corrected chi connectivity index (χ2v) is 5.16. The first-order valence-corrected chi connectivity index (χ1v) is 7.13. The van der Waals surface area contributed by atoms with E-state index in [1.165, 1.54) is 25.7 Å². The van der Waals surface area contributed by atoms with Crippen LogP contribution in [-0.4, -0.2) is 33.1 Å². The van der Waals surface area contributed by atoms with Gasteiger partial charge in [-0.15, -0.1) is 0 Å². The molecule has 0 atom stereocenters. The van der Waals surface area contributed by atoms with Crippen molar-refractivity contribution in [3.8, 4) is 0 Å². The van der Waals surface area contributed by atoms with Crippen molar-refractivity contribution in [1.29, 1.82) is 0 Å². The van der Waals surface area contributed by atoms with Gasteiger partial charge in [0.1, 0.15) is 11.6 Å². The fraction of sp³-hybridized carbons (Fsp3) is 0.429. The molecule has 0 aliphatic heterocycles. The Labute approximate surface area is 122 Å². The van der Waals surface area contributed by atoms with Crippen molar-refractivity contribution in [1.82, 2.24) is 25.5 Å². The van der Waals surface area contributed by atoms with E-state index >= 15 is 0 Å². The van der Waals surface area contributed by atoms with Crippen molar-refractivity contribution in [2.24, 2.45) is 0 Å². The quantitative estimate of drug-likeness (QED) is 0.798. The van der Waals surface area contributed by atoms with Gasteiger partial charge in [-0.05, 0) is 18.9 Å². The second kappa shape index (κ2) is 5.90. The normalized spacial score (nSPS) is 15.1. The van der Waals surface area contributed by atoms with E-state index in [-0.39, 0.29) is 11.7 Å². The molecule has 1 saturated carbocycles. The van der Waals surface area contributed by atoms with Crippen molar-refractivity contribution in [3.63, 3.8) is 0 Å². The minimum atomic E-state index is -0.310. The maximum atomic E-state index is 11.5. The number of carbonyl (C=O) groups is 1. The molecule has 1 fully saturated rings. The van der Waals surface area contributed by atoms with Gasteiger partial charge in [-0.1, -0.05) is 12.8 Å². The van der Waals surface area contributed by atoms with Crippen molar-refractivity contribution in [2.45, 2.75) is 31.6 Å². The Morgan fingerprint density at radius 3 is 2.95 bits per heavy atom. The lowest BCUT2D eigenvalue weighted by atomic mass is 10.0. The van der Waals surface area contributed by atoms with Crippen LogP contribution in [0.25, 0.3) is 0 Å². The summed E-state index contributed by atoms with van der Waals surface area (Å²) < 4.78 is 0. The summed E-state index contributed by atoms with van der Waals surface area (Å²) in [7, 11) is 1.55. The molecular formula is C14H18N6O. The number of aromatic nitrogens is 4. The molecule has 0 unspecified atom stereocenters. The third kappa shape index (κ3) is 3.01. The summed E-state index contributed by atoms with van der Waals surface area (Å²) in [6, 6.07) is 3.72. The zero-order valence-corrected chi connectivity index (χ0v) is 11.9. The van der Waals surface area contributed by atoms with Crippen LogP contribution in [0.2, 0.25) is 0 Å². The summed E-state index contributed by atoms with van der Waals surface area (Å²) >= 11 is 0. The van der Waals surface area contributed by atoms with Crippen LogP contribution in [0, 0.1) is 0 Å². The number of hydrogen-bond donors (Lipinski definition) is 3. The SMILES string of the molecule is CNC(=O)c1nccc(Nc2cc(C3CCCC3)n[nH]2)n1. The van der Waals surface area contributed by atoms with Gasteiger partial charge < -0.3 is 10.6 Å². The summed E-state index contributed by atoms with van der Waals surface area (Å²) in [6.45, 7) is 0. The number of hydrogen-bond acceptors (Lipinski definition) is 5. The molecule has 1 aliphatic carbocycles. The molecule has 1 aliphatic rings. The Balaban J connectivity index is 1.73. The smallest absolute Gasteiger partial charge is 0.288 e. The number of aromatic amines is 1. The monoisotopic (exact) mass is 286 g/mol. The predicted molar refractivity (Wildman–Crippen MR) is 78.5 cm³/mol. The lowest BCUT2D eigenvalue weighted by Gasteiger charge is -2.04. The molecule has 7 heteroatoms. The first-order valence-electron chi connectivity index (χ1n) is 7.13. The highest BCUT2D eigenvalue weighted by Gasteiger charge is 2.19. The van der Waals surface area contributed by atoms with E-state index in [0.29, 0.717) is 11.7 Å². The first kappa shape index (κ1) is 13.5. The fourth-order valence-electron chi connectivity index (χ4n) is 2.62. The maximum absolute atomic E-state index is 11.5. The van der Waals surface area contributed by atoms with Gasteiger partial charge in [0.15, 0.2) is 0 Å². The molecule has 0 aromatic carbocycles. The van der Waals surface area contributed by atoms with Crippen LogP contribution in [0.5, 0.6) is 0 Å². The Kier molecular flexibility index (Phi) is 3.81. The highest BCUT2D eigenvalue weighted by Crippen LogP contribution is 2.33. The molecule has 21 heavy (non-hydrogen) atoms. The number of carbonyl (C=O) groups excluding carboxylic acids is 1. The molecule has 2 aromatic heterocycles. The van der Waals surface area contributed by atoms with Crippen molar-refractivity contribution in [3.05, 3.63) is 29.8 Å². The van der Waals surface area contributed by atoms with E-state index in [1.54, 1.807) is 19.3 Å². The van der Waals surface area contributed by atoms with E-state index in [4.69, 9.17) is 0 Å². The largest absolute Gasteiger partial charge is 0.352 e. The van der Waals surface area contributed by atoms with E-state index in [2.05, 4.69) is 30.8 Å². The molecule has 110 valence electrons. The molecule has 2 aromatic rings. The molecule has 2 heterocycles. The first-order chi connectivity index (χ1) is 10.3. The molecule has 3 rings (SSSR count). The highest BCUT2D eigenvalue weighted by atomic mass is 16.2. The number of H-pyrrole nitrogens is 1. The Hall–Kier alpha value is -2.44. The molecule has 0 saturated heterocycles.